The smallest absolute Gasteiger partial charge is 0.410 e. The van der Waals surface area contributed by atoms with Gasteiger partial charge in [-0.3, -0.25) is 9.69 Å². The Morgan fingerprint density at radius 2 is 1.84 bits per heavy atom. The molecule has 0 aromatic rings. The van der Waals surface area contributed by atoms with Gasteiger partial charge in [0.25, 0.3) is 0 Å². The highest BCUT2D eigenvalue weighted by atomic mass is 16.6. The van der Waals surface area contributed by atoms with Crippen LogP contribution in [0.2, 0.25) is 0 Å². The summed E-state index contributed by atoms with van der Waals surface area (Å²) < 4.78 is 5.39. The third-order valence-corrected chi connectivity index (χ3v) is 3.36. The van der Waals surface area contributed by atoms with Crippen molar-refractivity contribution >= 4 is 12.0 Å². The number of rotatable bonds is 2. The maximum Gasteiger partial charge on any atom is 0.410 e. The fourth-order valence-electron chi connectivity index (χ4n) is 2.27. The van der Waals surface area contributed by atoms with E-state index in [-0.39, 0.29) is 18.0 Å². The van der Waals surface area contributed by atoms with Crippen LogP contribution in [0.25, 0.3) is 0 Å². The molecule has 0 unspecified atom stereocenters. The van der Waals surface area contributed by atoms with Crippen LogP contribution < -0.4 is 5.32 Å². The van der Waals surface area contributed by atoms with E-state index in [0.717, 1.165) is 32.1 Å². The lowest BCUT2D eigenvalue weighted by Gasteiger charge is -2.35. The maximum atomic E-state index is 12.2. The summed E-state index contributed by atoms with van der Waals surface area (Å²) in [5.74, 6) is -0.0203. The molecule has 1 N–H and O–H groups in total. The van der Waals surface area contributed by atoms with Gasteiger partial charge in [-0.15, -0.1) is 0 Å². The van der Waals surface area contributed by atoms with Crippen LogP contribution in [0, 0.1) is 0 Å². The summed E-state index contributed by atoms with van der Waals surface area (Å²) in [6.45, 7) is 6.13. The van der Waals surface area contributed by atoms with E-state index in [0.29, 0.717) is 12.6 Å². The van der Waals surface area contributed by atoms with Crippen molar-refractivity contribution in [3.05, 3.63) is 0 Å². The molecule has 2 fully saturated rings. The lowest BCUT2D eigenvalue weighted by Crippen LogP contribution is -2.53. The van der Waals surface area contributed by atoms with E-state index in [1.54, 1.807) is 4.90 Å². The first-order valence-electron chi connectivity index (χ1n) is 7.17. The molecule has 108 valence electrons. The highest BCUT2D eigenvalue weighted by Crippen LogP contribution is 2.23. The molecule has 1 heterocycles. The fraction of sp³-hybridized carbons (Fsp3) is 0.857. The number of hydrogen-bond acceptors (Lipinski definition) is 3. The second-order valence-corrected chi connectivity index (χ2v) is 6.47. The van der Waals surface area contributed by atoms with Gasteiger partial charge in [-0.2, -0.15) is 0 Å². The molecule has 2 aliphatic rings. The molecule has 1 atom stereocenters. The Labute approximate surface area is 114 Å². The molecule has 1 saturated heterocycles. The van der Waals surface area contributed by atoms with Gasteiger partial charge in [-0.1, -0.05) is 0 Å². The van der Waals surface area contributed by atoms with Gasteiger partial charge in [0, 0.05) is 12.6 Å². The molecule has 1 aliphatic heterocycles. The Bertz CT molecular complexity index is 358. The first kappa shape index (κ1) is 14.2. The van der Waals surface area contributed by atoms with E-state index >= 15 is 0 Å². The largest absolute Gasteiger partial charge is 0.444 e. The molecule has 0 aromatic heterocycles. The molecule has 5 nitrogen and oxygen atoms in total. The van der Waals surface area contributed by atoms with Crippen LogP contribution in [0.1, 0.15) is 52.9 Å². The summed E-state index contributed by atoms with van der Waals surface area (Å²) in [7, 11) is 0. The monoisotopic (exact) mass is 268 g/mol. The zero-order valence-corrected chi connectivity index (χ0v) is 12.1. The molecule has 5 heteroatoms. The lowest BCUT2D eigenvalue weighted by atomic mass is 10.0. The first-order valence-corrected chi connectivity index (χ1v) is 7.17. The van der Waals surface area contributed by atoms with Gasteiger partial charge < -0.3 is 10.1 Å². The van der Waals surface area contributed by atoms with Crippen LogP contribution in [-0.2, 0) is 9.53 Å². The Morgan fingerprint density at radius 3 is 2.42 bits per heavy atom. The molecule has 1 saturated carbocycles. The molecule has 0 bridgehead atoms. The zero-order valence-electron chi connectivity index (χ0n) is 12.1. The number of carbonyl (C=O) groups excluding carboxylic acids is 2. The van der Waals surface area contributed by atoms with Crippen LogP contribution in [0.4, 0.5) is 4.79 Å². The molecular weight excluding hydrogens is 244 g/mol. The minimum Gasteiger partial charge on any atom is -0.444 e. The third kappa shape index (κ3) is 4.11. The average molecular weight is 268 g/mol. The van der Waals surface area contributed by atoms with Crippen molar-refractivity contribution < 1.29 is 14.3 Å². The molecule has 1 aliphatic carbocycles. The molecule has 19 heavy (non-hydrogen) atoms. The minimum atomic E-state index is -0.522. The molecule has 0 aromatic carbocycles. The average Bonchev–Trinajstić information content (AvgIpc) is 3.10. The van der Waals surface area contributed by atoms with E-state index in [4.69, 9.17) is 4.74 Å². The number of piperidine rings is 1. The Kier molecular flexibility index (Phi) is 4.02. The predicted octanol–water partition coefficient (Wildman–Crippen LogP) is 2.05. The van der Waals surface area contributed by atoms with Crippen molar-refractivity contribution in [2.45, 2.75) is 70.6 Å². The van der Waals surface area contributed by atoms with Crippen LogP contribution >= 0.6 is 0 Å². The molecule has 2 amide bonds. The lowest BCUT2D eigenvalue weighted by molar-refractivity contribution is -0.127. The van der Waals surface area contributed by atoms with Crippen molar-refractivity contribution in [1.29, 1.82) is 0 Å². The summed E-state index contributed by atoms with van der Waals surface area (Å²) in [5, 5.41) is 2.98. The number of hydrogen-bond donors (Lipinski definition) is 1. The quantitative estimate of drug-likeness (QED) is 0.834. The van der Waals surface area contributed by atoms with Crippen LogP contribution in [0.15, 0.2) is 0 Å². The summed E-state index contributed by atoms with van der Waals surface area (Å²) in [6, 6.07) is -0.0286. The van der Waals surface area contributed by atoms with E-state index in [2.05, 4.69) is 5.32 Å². The highest BCUT2D eigenvalue weighted by molar-refractivity contribution is 5.86. The van der Waals surface area contributed by atoms with E-state index in [1.165, 1.54) is 0 Å². The minimum absolute atomic E-state index is 0.0203. The van der Waals surface area contributed by atoms with Crippen molar-refractivity contribution in [2.24, 2.45) is 0 Å². The Hall–Kier alpha value is -1.26. The zero-order chi connectivity index (χ0) is 14.0. The summed E-state index contributed by atoms with van der Waals surface area (Å²) >= 11 is 0. The van der Waals surface area contributed by atoms with Gasteiger partial charge in [0.15, 0.2) is 0 Å². The van der Waals surface area contributed by atoms with Gasteiger partial charge in [-0.05, 0) is 52.9 Å². The summed E-state index contributed by atoms with van der Waals surface area (Å²) in [6.07, 6.45) is 4.41. The first-order chi connectivity index (χ1) is 8.87. The van der Waals surface area contributed by atoms with Gasteiger partial charge in [0.2, 0.25) is 5.91 Å². The Morgan fingerprint density at radius 1 is 1.16 bits per heavy atom. The standard InChI is InChI=1S/C14H24N2O3/c1-14(2,3)19-13(18)16-9-5-4-6-11(16)12(17)15-10-7-8-10/h10-11H,4-9H2,1-3H3,(H,15,17)/t11-/m0/s1. The number of carbonyl (C=O) groups is 2. The van der Waals surface area contributed by atoms with Crippen LogP contribution in [-0.4, -0.2) is 41.1 Å². The van der Waals surface area contributed by atoms with Crippen molar-refractivity contribution in [1.82, 2.24) is 10.2 Å². The second-order valence-electron chi connectivity index (χ2n) is 6.47. The molecule has 0 radical (unpaired) electrons. The van der Waals surface area contributed by atoms with Crippen LogP contribution in [0.5, 0.6) is 0 Å². The molecule has 0 spiro atoms. The maximum absolute atomic E-state index is 12.2. The number of ether oxygens (including phenoxy) is 1. The number of amides is 2. The predicted molar refractivity (Wildman–Crippen MR) is 71.7 cm³/mol. The van der Waals surface area contributed by atoms with Crippen molar-refractivity contribution in [3.63, 3.8) is 0 Å². The Balaban J connectivity index is 1.98. The van der Waals surface area contributed by atoms with Crippen molar-refractivity contribution in [3.8, 4) is 0 Å². The topological polar surface area (TPSA) is 58.6 Å². The van der Waals surface area contributed by atoms with E-state index in [1.807, 2.05) is 20.8 Å². The normalized spacial score (nSPS) is 23.9. The molecule has 2 rings (SSSR count). The second kappa shape index (κ2) is 5.39. The fourth-order valence-corrected chi connectivity index (χ4v) is 2.27. The summed E-state index contributed by atoms with van der Waals surface area (Å²) in [5.41, 5.74) is -0.522. The van der Waals surface area contributed by atoms with Gasteiger partial charge in [0.05, 0.1) is 0 Å². The van der Waals surface area contributed by atoms with Gasteiger partial charge >= 0.3 is 6.09 Å². The van der Waals surface area contributed by atoms with E-state index in [9.17, 15) is 9.59 Å². The van der Waals surface area contributed by atoms with Gasteiger partial charge in [-0.25, -0.2) is 4.79 Å². The number of nitrogens with zero attached hydrogens (tertiary/aromatic N) is 1. The molecular formula is C14H24N2O3. The number of nitrogens with one attached hydrogen (secondary N) is 1. The van der Waals surface area contributed by atoms with Crippen LogP contribution in [0.3, 0.4) is 0 Å². The van der Waals surface area contributed by atoms with Gasteiger partial charge in [0.1, 0.15) is 11.6 Å². The number of likely N-dealkylation sites (tertiary alicyclic amines) is 1. The third-order valence-electron chi connectivity index (χ3n) is 3.36. The highest BCUT2D eigenvalue weighted by Gasteiger charge is 2.36. The van der Waals surface area contributed by atoms with E-state index < -0.39 is 5.60 Å². The van der Waals surface area contributed by atoms with Crippen molar-refractivity contribution in [2.75, 3.05) is 6.54 Å². The SMILES string of the molecule is CC(C)(C)OC(=O)N1CCCC[C@H]1C(=O)NC1CC1. The summed E-state index contributed by atoms with van der Waals surface area (Å²) in [4.78, 5) is 25.9.